The van der Waals surface area contributed by atoms with Gasteiger partial charge in [0.05, 0.1) is 5.54 Å². The Labute approximate surface area is 114 Å². The van der Waals surface area contributed by atoms with Gasteiger partial charge < -0.3 is 15.7 Å². The summed E-state index contributed by atoms with van der Waals surface area (Å²) in [7, 11) is 0. The zero-order valence-corrected chi connectivity index (χ0v) is 11.8. The summed E-state index contributed by atoms with van der Waals surface area (Å²) in [5, 5.41) is 9.49. The molecular weight excluding hydrogens is 244 g/mol. The van der Waals surface area contributed by atoms with Crippen molar-refractivity contribution in [1.29, 1.82) is 0 Å². The van der Waals surface area contributed by atoms with E-state index in [1.807, 2.05) is 13.8 Å². The van der Waals surface area contributed by atoms with E-state index in [0.29, 0.717) is 19.4 Å². The molecule has 0 spiro atoms. The lowest BCUT2D eigenvalue weighted by Gasteiger charge is -2.46. The van der Waals surface area contributed by atoms with Gasteiger partial charge in [-0.1, -0.05) is 26.7 Å². The minimum Gasteiger partial charge on any atom is -0.480 e. The van der Waals surface area contributed by atoms with Crippen molar-refractivity contribution in [2.45, 2.75) is 64.0 Å². The number of hydrogen-bond donors (Lipinski definition) is 2. The number of piperidine rings is 1. The first-order chi connectivity index (χ1) is 8.78. The number of carbonyl (C=O) groups excluding carboxylic acids is 1. The van der Waals surface area contributed by atoms with Gasteiger partial charge in [0.1, 0.15) is 6.04 Å². The standard InChI is InChI=1S/C14H24N2O3/c1-13(2)6-5-9-16(10(13)11(17)18)12(19)14(15)7-3-4-8-14/h10H,3-9,15H2,1-2H3,(H,17,18). The summed E-state index contributed by atoms with van der Waals surface area (Å²) >= 11 is 0. The van der Waals surface area contributed by atoms with Crippen LogP contribution in [0, 0.1) is 5.41 Å². The second-order valence-electron chi connectivity index (χ2n) is 6.69. The molecule has 1 saturated heterocycles. The van der Waals surface area contributed by atoms with E-state index >= 15 is 0 Å². The first-order valence-corrected chi connectivity index (χ1v) is 7.11. The Morgan fingerprint density at radius 1 is 1.16 bits per heavy atom. The van der Waals surface area contributed by atoms with Crippen molar-refractivity contribution in [2.75, 3.05) is 6.54 Å². The van der Waals surface area contributed by atoms with Crippen LogP contribution < -0.4 is 5.73 Å². The van der Waals surface area contributed by atoms with Crippen LogP contribution in [0.4, 0.5) is 0 Å². The molecule has 0 bridgehead atoms. The molecule has 19 heavy (non-hydrogen) atoms. The van der Waals surface area contributed by atoms with Gasteiger partial charge in [0.25, 0.3) is 0 Å². The molecule has 2 rings (SSSR count). The van der Waals surface area contributed by atoms with Crippen LogP contribution in [-0.4, -0.2) is 40.0 Å². The Bertz CT molecular complexity index is 386. The number of carbonyl (C=O) groups is 2. The Morgan fingerprint density at radius 2 is 1.74 bits per heavy atom. The zero-order valence-electron chi connectivity index (χ0n) is 11.8. The van der Waals surface area contributed by atoms with E-state index in [2.05, 4.69) is 0 Å². The first-order valence-electron chi connectivity index (χ1n) is 7.11. The molecule has 0 aromatic carbocycles. The van der Waals surface area contributed by atoms with E-state index in [0.717, 1.165) is 25.7 Å². The molecule has 0 aromatic heterocycles. The van der Waals surface area contributed by atoms with E-state index < -0.39 is 23.0 Å². The maximum Gasteiger partial charge on any atom is 0.326 e. The molecule has 1 heterocycles. The minimum absolute atomic E-state index is 0.162. The fourth-order valence-corrected chi connectivity index (χ4v) is 3.58. The van der Waals surface area contributed by atoms with E-state index in [9.17, 15) is 14.7 Å². The normalized spacial score (nSPS) is 29.2. The predicted octanol–water partition coefficient (Wildman–Crippen LogP) is 1.36. The second-order valence-corrected chi connectivity index (χ2v) is 6.69. The monoisotopic (exact) mass is 268 g/mol. The molecule has 1 aliphatic carbocycles. The Hall–Kier alpha value is -1.10. The van der Waals surface area contributed by atoms with Crippen molar-refractivity contribution in [3.8, 4) is 0 Å². The molecule has 1 unspecified atom stereocenters. The number of amides is 1. The average molecular weight is 268 g/mol. The number of hydrogen-bond acceptors (Lipinski definition) is 3. The molecule has 1 amide bonds. The fourth-order valence-electron chi connectivity index (χ4n) is 3.58. The summed E-state index contributed by atoms with van der Waals surface area (Å²) in [5.41, 5.74) is 4.97. The van der Waals surface area contributed by atoms with Crippen LogP contribution in [0.5, 0.6) is 0 Å². The molecule has 0 radical (unpaired) electrons. The number of aliphatic carboxylic acids is 1. The van der Waals surface area contributed by atoms with Gasteiger partial charge in [0.15, 0.2) is 0 Å². The number of likely N-dealkylation sites (tertiary alicyclic amines) is 1. The highest BCUT2D eigenvalue weighted by atomic mass is 16.4. The van der Waals surface area contributed by atoms with Crippen LogP contribution in [0.15, 0.2) is 0 Å². The predicted molar refractivity (Wildman–Crippen MR) is 71.5 cm³/mol. The van der Waals surface area contributed by atoms with Crippen LogP contribution in [0.1, 0.15) is 52.4 Å². The van der Waals surface area contributed by atoms with Crippen LogP contribution in [0.25, 0.3) is 0 Å². The van der Waals surface area contributed by atoms with Gasteiger partial charge in [-0.25, -0.2) is 4.79 Å². The second kappa shape index (κ2) is 4.78. The maximum atomic E-state index is 12.7. The summed E-state index contributed by atoms with van der Waals surface area (Å²) in [5.74, 6) is -1.08. The van der Waals surface area contributed by atoms with Gasteiger partial charge in [-0.2, -0.15) is 0 Å². The third kappa shape index (κ3) is 2.48. The Kier molecular flexibility index (Phi) is 3.60. The van der Waals surface area contributed by atoms with E-state index in [-0.39, 0.29) is 5.91 Å². The van der Waals surface area contributed by atoms with E-state index in [4.69, 9.17) is 5.73 Å². The maximum absolute atomic E-state index is 12.7. The summed E-state index contributed by atoms with van der Waals surface area (Å²) in [6.07, 6.45) is 4.93. The molecule has 5 nitrogen and oxygen atoms in total. The smallest absolute Gasteiger partial charge is 0.326 e. The van der Waals surface area contributed by atoms with Crippen molar-refractivity contribution < 1.29 is 14.7 Å². The Morgan fingerprint density at radius 3 is 2.26 bits per heavy atom. The number of nitrogens with zero attached hydrogens (tertiary/aromatic N) is 1. The third-order valence-corrected chi connectivity index (χ3v) is 4.69. The molecule has 2 aliphatic rings. The van der Waals surface area contributed by atoms with Gasteiger partial charge in [-0.05, 0) is 31.1 Å². The highest BCUT2D eigenvalue weighted by Gasteiger charge is 2.49. The molecule has 1 saturated carbocycles. The number of rotatable bonds is 2. The SMILES string of the molecule is CC1(C)CCCN(C(=O)C2(N)CCCC2)C1C(=O)O. The molecule has 1 aliphatic heterocycles. The highest BCUT2D eigenvalue weighted by molar-refractivity contribution is 5.90. The highest BCUT2D eigenvalue weighted by Crippen LogP contribution is 2.38. The lowest BCUT2D eigenvalue weighted by Crippen LogP contribution is -2.63. The molecule has 2 fully saturated rings. The molecule has 108 valence electrons. The van der Waals surface area contributed by atoms with Gasteiger partial charge in [0.2, 0.25) is 5.91 Å². The summed E-state index contributed by atoms with van der Waals surface area (Å²) < 4.78 is 0. The van der Waals surface area contributed by atoms with Crippen LogP contribution in [0.3, 0.4) is 0 Å². The summed E-state index contributed by atoms with van der Waals surface area (Å²) in [6.45, 7) is 4.35. The third-order valence-electron chi connectivity index (χ3n) is 4.69. The van der Waals surface area contributed by atoms with Crippen molar-refractivity contribution >= 4 is 11.9 Å². The number of carboxylic acid groups (broad SMARTS) is 1. The Balaban J connectivity index is 2.26. The fraction of sp³-hybridized carbons (Fsp3) is 0.857. The average Bonchev–Trinajstić information content (AvgIpc) is 2.74. The van der Waals surface area contributed by atoms with Crippen molar-refractivity contribution in [2.24, 2.45) is 11.1 Å². The van der Waals surface area contributed by atoms with Crippen molar-refractivity contribution in [1.82, 2.24) is 4.90 Å². The lowest BCUT2D eigenvalue weighted by atomic mass is 9.75. The largest absolute Gasteiger partial charge is 0.480 e. The quantitative estimate of drug-likeness (QED) is 0.792. The molecule has 0 aromatic rings. The van der Waals surface area contributed by atoms with Gasteiger partial charge in [-0.3, -0.25) is 4.79 Å². The zero-order chi connectivity index (χ0) is 14.3. The number of nitrogens with two attached hydrogens (primary N) is 1. The van der Waals surface area contributed by atoms with Gasteiger partial charge >= 0.3 is 5.97 Å². The lowest BCUT2D eigenvalue weighted by molar-refractivity contribution is -0.161. The van der Waals surface area contributed by atoms with Crippen LogP contribution in [0.2, 0.25) is 0 Å². The van der Waals surface area contributed by atoms with Gasteiger partial charge in [0, 0.05) is 6.54 Å². The minimum atomic E-state index is -0.917. The molecule has 1 atom stereocenters. The summed E-state index contributed by atoms with van der Waals surface area (Å²) in [6, 6.07) is -0.755. The van der Waals surface area contributed by atoms with E-state index in [1.165, 1.54) is 4.90 Å². The molecule has 3 N–H and O–H groups in total. The van der Waals surface area contributed by atoms with Crippen LogP contribution >= 0.6 is 0 Å². The topological polar surface area (TPSA) is 83.6 Å². The first kappa shape index (κ1) is 14.3. The summed E-state index contributed by atoms with van der Waals surface area (Å²) in [4.78, 5) is 25.8. The molecular formula is C14H24N2O3. The molecule has 5 heteroatoms. The van der Waals surface area contributed by atoms with Crippen molar-refractivity contribution in [3.63, 3.8) is 0 Å². The van der Waals surface area contributed by atoms with Crippen LogP contribution in [-0.2, 0) is 9.59 Å². The number of carboxylic acids is 1. The van der Waals surface area contributed by atoms with Gasteiger partial charge in [-0.15, -0.1) is 0 Å². The van der Waals surface area contributed by atoms with E-state index in [1.54, 1.807) is 0 Å². The van der Waals surface area contributed by atoms with Crippen molar-refractivity contribution in [3.05, 3.63) is 0 Å².